The highest BCUT2D eigenvalue weighted by atomic mass is 16.4. The number of aromatic nitrogens is 1. The van der Waals surface area contributed by atoms with E-state index in [9.17, 15) is 0 Å². The van der Waals surface area contributed by atoms with Crippen LogP contribution in [-0.2, 0) is 6.54 Å². The van der Waals surface area contributed by atoms with E-state index in [0.717, 1.165) is 24.0 Å². The van der Waals surface area contributed by atoms with Gasteiger partial charge in [-0.2, -0.15) is 0 Å². The number of guanidine groups is 1. The molecule has 2 rings (SSSR count). The number of aryl methyl sites for hydroxylation is 3. The van der Waals surface area contributed by atoms with Gasteiger partial charge in [-0.15, -0.1) is 0 Å². The van der Waals surface area contributed by atoms with Gasteiger partial charge >= 0.3 is 0 Å². The lowest BCUT2D eigenvalue weighted by molar-refractivity contribution is 0.463. The number of aliphatic imine (C=N–C) groups is 1. The van der Waals surface area contributed by atoms with Crippen molar-refractivity contribution in [2.45, 2.75) is 40.2 Å². The number of nitrogens with zero attached hydrogens (tertiary/aromatic N) is 2. The molecule has 0 saturated carbocycles. The van der Waals surface area contributed by atoms with Gasteiger partial charge in [0.05, 0.1) is 12.2 Å². The Morgan fingerprint density at radius 1 is 1.17 bits per heavy atom. The van der Waals surface area contributed by atoms with Gasteiger partial charge in [0.15, 0.2) is 5.96 Å². The van der Waals surface area contributed by atoms with E-state index in [1.165, 1.54) is 11.1 Å². The van der Waals surface area contributed by atoms with E-state index in [1.807, 2.05) is 13.8 Å². The normalized spacial score (nSPS) is 13.0. The predicted molar refractivity (Wildman–Crippen MR) is 93.8 cm³/mol. The zero-order valence-electron chi connectivity index (χ0n) is 14.6. The predicted octanol–water partition coefficient (Wildman–Crippen LogP) is 3.07. The molecule has 0 fully saturated rings. The van der Waals surface area contributed by atoms with Crippen molar-refractivity contribution in [1.82, 2.24) is 15.6 Å². The van der Waals surface area contributed by atoms with Gasteiger partial charge in [-0.05, 0) is 32.3 Å². The van der Waals surface area contributed by atoms with Gasteiger partial charge in [0, 0.05) is 13.6 Å². The first-order chi connectivity index (χ1) is 11.0. The van der Waals surface area contributed by atoms with E-state index < -0.39 is 0 Å². The molecular weight excluding hydrogens is 288 g/mol. The summed E-state index contributed by atoms with van der Waals surface area (Å²) in [5.74, 6) is 2.69. The van der Waals surface area contributed by atoms with E-state index in [2.05, 4.69) is 58.7 Å². The third kappa shape index (κ3) is 4.84. The zero-order valence-corrected chi connectivity index (χ0v) is 14.6. The first-order valence-corrected chi connectivity index (χ1v) is 7.93. The van der Waals surface area contributed by atoms with Crippen molar-refractivity contribution < 1.29 is 4.42 Å². The molecule has 1 aromatic heterocycles. The van der Waals surface area contributed by atoms with Crippen LogP contribution in [0.15, 0.2) is 33.7 Å². The average molecular weight is 314 g/mol. The van der Waals surface area contributed by atoms with Gasteiger partial charge in [0.2, 0.25) is 5.89 Å². The lowest BCUT2D eigenvalue weighted by atomic mass is 10.0. The molecule has 0 bridgehead atoms. The molecule has 1 aromatic carbocycles. The van der Waals surface area contributed by atoms with E-state index in [4.69, 9.17) is 4.42 Å². The van der Waals surface area contributed by atoms with Crippen molar-refractivity contribution in [2.24, 2.45) is 4.99 Å². The first-order valence-electron chi connectivity index (χ1n) is 7.93. The Morgan fingerprint density at radius 3 is 2.43 bits per heavy atom. The quantitative estimate of drug-likeness (QED) is 0.658. The molecule has 1 heterocycles. The molecule has 0 spiro atoms. The Hall–Kier alpha value is -2.30. The van der Waals surface area contributed by atoms with Gasteiger partial charge in [-0.3, -0.25) is 4.99 Å². The summed E-state index contributed by atoms with van der Waals surface area (Å²) in [6, 6.07) is 8.64. The minimum Gasteiger partial charge on any atom is -0.444 e. The van der Waals surface area contributed by atoms with E-state index >= 15 is 0 Å². The molecule has 0 radical (unpaired) electrons. The van der Waals surface area contributed by atoms with Crippen LogP contribution in [0.4, 0.5) is 0 Å². The van der Waals surface area contributed by atoms with Crippen molar-refractivity contribution in [1.29, 1.82) is 0 Å². The van der Waals surface area contributed by atoms with Crippen molar-refractivity contribution >= 4 is 5.96 Å². The van der Waals surface area contributed by atoms with Crippen LogP contribution in [0.5, 0.6) is 0 Å². The Kier molecular flexibility index (Phi) is 5.79. The molecule has 0 aliphatic heterocycles. The van der Waals surface area contributed by atoms with Crippen LogP contribution in [-0.4, -0.2) is 24.5 Å². The zero-order chi connectivity index (χ0) is 16.8. The SMILES string of the molecule is CN=C(NCc1nc(C)c(C)o1)NCC(C)c1ccc(C)cc1. The lowest BCUT2D eigenvalue weighted by Gasteiger charge is -2.16. The van der Waals surface area contributed by atoms with Crippen LogP contribution >= 0.6 is 0 Å². The Labute approximate surface area is 138 Å². The number of hydrogen-bond donors (Lipinski definition) is 2. The maximum absolute atomic E-state index is 5.56. The second-order valence-electron chi connectivity index (χ2n) is 5.87. The molecule has 1 atom stereocenters. The second kappa shape index (κ2) is 7.81. The molecule has 0 saturated heterocycles. The second-order valence-corrected chi connectivity index (χ2v) is 5.87. The summed E-state index contributed by atoms with van der Waals surface area (Å²) >= 11 is 0. The standard InChI is InChI=1S/C18H26N4O/c1-12-6-8-16(9-7-12)13(2)10-20-18(19-5)21-11-17-22-14(3)15(4)23-17/h6-9,13H,10-11H2,1-5H3,(H2,19,20,21). The molecule has 1 unspecified atom stereocenters. The first kappa shape index (κ1) is 17.1. The van der Waals surface area contributed by atoms with Gasteiger partial charge in [0.1, 0.15) is 5.76 Å². The summed E-state index contributed by atoms with van der Waals surface area (Å²) < 4.78 is 5.56. The molecule has 23 heavy (non-hydrogen) atoms. The van der Waals surface area contributed by atoms with Crippen LogP contribution in [0.25, 0.3) is 0 Å². The van der Waals surface area contributed by atoms with Crippen LogP contribution in [0.3, 0.4) is 0 Å². The topological polar surface area (TPSA) is 62.5 Å². The summed E-state index contributed by atoms with van der Waals surface area (Å²) in [7, 11) is 1.76. The van der Waals surface area contributed by atoms with E-state index in [1.54, 1.807) is 7.05 Å². The Bertz CT molecular complexity index is 639. The minimum absolute atomic E-state index is 0.403. The van der Waals surface area contributed by atoms with E-state index in [0.29, 0.717) is 18.4 Å². The van der Waals surface area contributed by atoms with Crippen LogP contribution in [0, 0.1) is 20.8 Å². The fourth-order valence-corrected chi connectivity index (χ4v) is 2.26. The molecule has 0 aliphatic rings. The Balaban J connectivity index is 1.83. The number of rotatable bonds is 5. The summed E-state index contributed by atoms with van der Waals surface area (Å²) in [6.45, 7) is 9.50. The average Bonchev–Trinajstić information content (AvgIpc) is 2.86. The molecule has 2 aromatic rings. The monoisotopic (exact) mass is 314 g/mol. The van der Waals surface area contributed by atoms with Crippen LogP contribution in [0.1, 0.15) is 41.3 Å². The molecule has 5 heteroatoms. The minimum atomic E-state index is 0.403. The lowest BCUT2D eigenvalue weighted by Crippen LogP contribution is -2.38. The summed E-state index contributed by atoms with van der Waals surface area (Å²) in [4.78, 5) is 8.59. The van der Waals surface area contributed by atoms with Crippen molar-refractivity contribution in [3.05, 3.63) is 52.7 Å². The molecule has 0 aliphatic carbocycles. The highest BCUT2D eigenvalue weighted by molar-refractivity contribution is 5.79. The van der Waals surface area contributed by atoms with Crippen molar-refractivity contribution in [3.63, 3.8) is 0 Å². The summed E-state index contributed by atoms with van der Waals surface area (Å²) in [5, 5.41) is 6.57. The third-order valence-corrected chi connectivity index (χ3v) is 3.93. The Morgan fingerprint density at radius 2 is 1.87 bits per heavy atom. The number of hydrogen-bond acceptors (Lipinski definition) is 3. The number of benzene rings is 1. The van der Waals surface area contributed by atoms with E-state index in [-0.39, 0.29) is 0 Å². The number of oxazole rings is 1. The molecule has 5 nitrogen and oxygen atoms in total. The largest absolute Gasteiger partial charge is 0.444 e. The number of nitrogens with one attached hydrogen (secondary N) is 2. The maximum Gasteiger partial charge on any atom is 0.214 e. The fraction of sp³-hybridized carbons (Fsp3) is 0.444. The van der Waals surface area contributed by atoms with Gasteiger partial charge < -0.3 is 15.1 Å². The summed E-state index contributed by atoms with van der Waals surface area (Å²) in [6.07, 6.45) is 0. The molecule has 124 valence electrons. The van der Waals surface area contributed by atoms with Crippen LogP contribution in [0.2, 0.25) is 0 Å². The molecule has 2 N–H and O–H groups in total. The summed E-state index contributed by atoms with van der Waals surface area (Å²) in [5.41, 5.74) is 3.53. The van der Waals surface area contributed by atoms with Crippen molar-refractivity contribution in [2.75, 3.05) is 13.6 Å². The fourth-order valence-electron chi connectivity index (χ4n) is 2.26. The molecule has 0 amide bonds. The third-order valence-electron chi connectivity index (χ3n) is 3.93. The van der Waals surface area contributed by atoms with Crippen LogP contribution < -0.4 is 10.6 Å². The van der Waals surface area contributed by atoms with Gasteiger partial charge in [-0.25, -0.2) is 4.98 Å². The smallest absolute Gasteiger partial charge is 0.214 e. The van der Waals surface area contributed by atoms with Crippen molar-refractivity contribution in [3.8, 4) is 0 Å². The van der Waals surface area contributed by atoms with Gasteiger partial charge in [0.25, 0.3) is 0 Å². The highest BCUT2D eigenvalue weighted by Crippen LogP contribution is 2.14. The maximum atomic E-state index is 5.56. The molecular formula is C18H26N4O. The highest BCUT2D eigenvalue weighted by Gasteiger charge is 2.08. The van der Waals surface area contributed by atoms with Gasteiger partial charge in [-0.1, -0.05) is 36.8 Å².